The number of nitrogens with zero attached hydrogens (tertiary/aromatic N) is 1. The highest BCUT2D eigenvalue weighted by atomic mass is 35.5. The molecular formula is C32H24Cl2N2O8. The molecule has 44 heavy (non-hydrogen) atoms. The zero-order chi connectivity index (χ0) is 31.3. The van der Waals surface area contributed by atoms with Crippen molar-refractivity contribution in [1.82, 2.24) is 10.2 Å². The molecule has 6 rings (SSSR count). The number of fused-ring (bicyclic) bond motifs is 6. The summed E-state index contributed by atoms with van der Waals surface area (Å²) in [5.41, 5.74) is 0.932. The third-order valence-corrected chi connectivity index (χ3v) is 8.35. The largest absolute Gasteiger partial charge is 0.456 e. The van der Waals surface area contributed by atoms with Gasteiger partial charge in [0.25, 0.3) is 17.7 Å². The fraction of sp³-hybridized carbons (Fsp3) is 0.219. The molecule has 10 nitrogen and oxygen atoms in total. The Kier molecular flexibility index (Phi) is 7.43. The summed E-state index contributed by atoms with van der Waals surface area (Å²) in [6, 6.07) is 11.1. The molecule has 1 unspecified atom stereocenters. The van der Waals surface area contributed by atoms with E-state index >= 15 is 0 Å². The van der Waals surface area contributed by atoms with E-state index < -0.39 is 23.4 Å². The summed E-state index contributed by atoms with van der Waals surface area (Å²) in [5, 5.41) is 3.33. The molecule has 1 N–H and O–H groups in total. The molecule has 0 saturated heterocycles. The number of aryl methyl sites for hydroxylation is 1. The summed E-state index contributed by atoms with van der Waals surface area (Å²) < 4.78 is 17.6. The number of carbonyl (C=O) groups is 5. The molecule has 0 aromatic heterocycles. The van der Waals surface area contributed by atoms with Gasteiger partial charge >= 0.3 is 11.9 Å². The third kappa shape index (κ3) is 4.89. The maximum absolute atomic E-state index is 13.5. The van der Waals surface area contributed by atoms with Crippen molar-refractivity contribution >= 4 is 52.9 Å². The zero-order valence-electron chi connectivity index (χ0n) is 23.5. The lowest BCUT2D eigenvalue weighted by atomic mass is 9.77. The smallest absolute Gasteiger partial charge is 0.340 e. The number of unbranched alkanes of at least 4 members (excludes halogenated alkanes) is 1. The Bertz CT molecular complexity index is 1820. The normalized spacial score (nSPS) is 17.6. The number of halogens is 2. The summed E-state index contributed by atoms with van der Waals surface area (Å²) in [6.45, 7) is 3.61. The monoisotopic (exact) mass is 634 g/mol. The first kappa shape index (κ1) is 29.4. The van der Waals surface area contributed by atoms with E-state index in [0.29, 0.717) is 46.8 Å². The lowest BCUT2D eigenvalue weighted by Crippen LogP contribution is -2.33. The van der Waals surface area contributed by atoms with Crippen molar-refractivity contribution in [1.29, 1.82) is 0 Å². The molecule has 12 heteroatoms. The predicted molar refractivity (Wildman–Crippen MR) is 158 cm³/mol. The van der Waals surface area contributed by atoms with Crippen LogP contribution in [0.15, 0.2) is 54.6 Å². The van der Waals surface area contributed by atoms with Gasteiger partial charge < -0.3 is 19.5 Å². The van der Waals surface area contributed by atoms with Crippen LogP contribution in [-0.2, 0) is 24.7 Å². The summed E-state index contributed by atoms with van der Waals surface area (Å²) in [6.07, 6.45) is 3.51. The van der Waals surface area contributed by atoms with Crippen molar-refractivity contribution in [2.75, 3.05) is 13.1 Å². The number of benzene rings is 3. The summed E-state index contributed by atoms with van der Waals surface area (Å²) in [5.74, 6) is -1.62. The first-order valence-electron chi connectivity index (χ1n) is 13.7. The van der Waals surface area contributed by atoms with Crippen LogP contribution in [0, 0.1) is 6.92 Å². The van der Waals surface area contributed by atoms with E-state index in [1.807, 2.05) is 6.92 Å². The number of nitrogens with one attached hydrogen (secondary N) is 1. The Morgan fingerprint density at radius 1 is 0.909 bits per heavy atom. The molecular weight excluding hydrogens is 611 g/mol. The van der Waals surface area contributed by atoms with Crippen LogP contribution in [0.25, 0.3) is 0 Å². The molecule has 3 aromatic carbocycles. The number of hydrogen-bond donors (Lipinski definition) is 1. The average molecular weight is 635 g/mol. The fourth-order valence-corrected chi connectivity index (χ4v) is 5.93. The van der Waals surface area contributed by atoms with Crippen LogP contribution in [0.1, 0.15) is 62.7 Å². The minimum absolute atomic E-state index is 0.0778. The molecule has 1 spiro atoms. The van der Waals surface area contributed by atoms with Gasteiger partial charge in [-0.3, -0.25) is 24.1 Å². The first-order valence-corrected chi connectivity index (χ1v) is 14.5. The lowest BCUT2D eigenvalue weighted by Gasteiger charge is -2.37. The second kappa shape index (κ2) is 11.1. The van der Waals surface area contributed by atoms with Crippen molar-refractivity contribution in [2.45, 2.75) is 32.3 Å². The molecule has 3 aliphatic heterocycles. The Labute approximate surface area is 261 Å². The third-order valence-electron chi connectivity index (χ3n) is 7.65. The van der Waals surface area contributed by atoms with E-state index in [0.717, 1.165) is 10.5 Å². The van der Waals surface area contributed by atoms with Crippen LogP contribution in [0.5, 0.6) is 17.2 Å². The van der Waals surface area contributed by atoms with Gasteiger partial charge in [-0.2, -0.15) is 0 Å². The Morgan fingerprint density at radius 3 is 2.30 bits per heavy atom. The Balaban J connectivity index is 1.30. The van der Waals surface area contributed by atoms with E-state index in [2.05, 4.69) is 5.32 Å². The van der Waals surface area contributed by atoms with Gasteiger partial charge in [0.15, 0.2) is 11.4 Å². The van der Waals surface area contributed by atoms with Gasteiger partial charge in [-0.15, -0.1) is 0 Å². The molecule has 3 aromatic rings. The van der Waals surface area contributed by atoms with E-state index in [4.69, 9.17) is 37.4 Å². The van der Waals surface area contributed by atoms with Crippen molar-refractivity contribution in [3.63, 3.8) is 0 Å². The SMILES string of the molecule is CC(=O)Oc1cc2c(cc1Cl)C1(OC(=O)c3cc(C(=O)NCCCCN4C(=O)C=CC4=O)ccc31)c1cc(Cl)c(C)cc1O2. The van der Waals surface area contributed by atoms with Crippen molar-refractivity contribution < 1.29 is 38.2 Å². The van der Waals surface area contributed by atoms with Gasteiger partial charge in [0, 0.05) is 65.5 Å². The zero-order valence-corrected chi connectivity index (χ0v) is 25.0. The topological polar surface area (TPSA) is 128 Å². The number of carbonyl (C=O) groups excluding carboxylic acids is 5. The molecule has 1 atom stereocenters. The maximum atomic E-state index is 13.5. The van der Waals surface area contributed by atoms with Gasteiger partial charge in [0.1, 0.15) is 11.5 Å². The molecule has 0 aliphatic carbocycles. The molecule has 0 radical (unpaired) electrons. The van der Waals surface area contributed by atoms with Crippen molar-refractivity contribution in [3.05, 3.63) is 98.0 Å². The fourth-order valence-electron chi connectivity index (χ4n) is 5.57. The number of ether oxygens (including phenoxy) is 3. The molecule has 3 aliphatic rings. The Morgan fingerprint density at radius 2 is 1.59 bits per heavy atom. The second-order valence-corrected chi connectivity index (χ2v) is 11.3. The average Bonchev–Trinajstić information content (AvgIpc) is 3.45. The highest BCUT2D eigenvalue weighted by molar-refractivity contribution is 6.32. The van der Waals surface area contributed by atoms with Gasteiger partial charge in [0.2, 0.25) is 0 Å². The summed E-state index contributed by atoms with van der Waals surface area (Å²) in [7, 11) is 0. The number of imide groups is 1. The van der Waals surface area contributed by atoms with Crippen LogP contribution in [0.3, 0.4) is 0 Å². The number of hydrogen-bond acceptors (Lipinski definition) is 8. The van der Waals surface area contributed by atoms with Gasteiger partial charge in [0.05, 0.1) is 10.6 Å². The molecule has 0 bridgehead atoms. The minimum atomic E-state index is -1.51. The van der Waals surface area contributed by atoms with E-state index in [9.17, 15) is 24.0 Å². The predicted octanol–water partition coefficient (Wildman–Crippen LogP) is 5.23. The molecule has 0 fully saturated rings. The van der Waals surface area contributed by atoms with Crippen molar-refractivity contribution in [3.8, 4) is 17.2 Å². The second-order valence-electron chi connectivity index (χ2n) is 10.5. The van der Waals surface area contributed by atoms with E-state index in [-0.39, 0.29) is 46.0 Å². The molecule has 3 amide bonds. The highest BCUT2D eigenvalue weighted by Gasteiger charge is 2.54. The van der Waals surface area contributed by atoms with Gasteiger partial charge in [-0.05, 0) is 55.7 Å². The molecule has 3 heterocycles. The Hall–Kier alpha value is -4.67. The van der Waals surface area contributed by atoms with Crippen LogP contribution < -0.4 is 14.8 Å². The van der Waals surface area contributed by atoms with Crippen LogP contribution in [-0.4, -0.2) is 47.6 Å². The number of amides is 3. The van der Waals surface area contributed by atoms with Crippen molar-refractivity contribution in [2.24, 2.45) is 0 Å². The number of rotatable bonds is 7. The van der Waals surface area contributed by atoms with E-state index in [1.165, 1.54) is 37.3 Å². The van der Waals surface area contributed by atoms with E-state index in [1.54, 1.807) is 24.3 Å². The molecule has 224 valence electrons. The quantitative estimate of drug-likeness (QED) is 0.162. The van der Waals surface area contributed by atoms with Crippen LogP contribution in [0.4, 0.5) is 0 Å². The standard InChI is InChI=1S/C32H24Cl2N2O8/c1-16-11-25-21(13-23(16)33)32(22-14-24(34)27(42-17(2)37)15-26(22)43-25)20-6-5-18(12-19(20)31(41)44-32)30(40)35-9-3-4-10-36-28(38)7-8-29(36)39/h5-8,11-15H,3-4,9-10H2,1-2H3,(H,35,40). The summed E-state index contributed by atoms with van der Waals surface area (Å²) in [4.78, 5) is 62.7. The van der Waals surface area contributed by atoms with Gasteiger partial charge in [-0.25, -0.2) is 4.79 Å². The molecule has 0 saturated carbocycles. The highest BCUT2D eigenvalue weighted by Crippen LogP contribution is 2.58. The number of esters is 2. The summed E-state index contributed by atoms with van der Waals surface area (Å²) >= 11 is 13.0. The van der Waals surface area contributed by atoms with Gasteiger partial charge in [-0.1, -0.05) is 29.3 Å². The minimum Gasteiger partial charge on any atom is -0.456 e. The van der Waals surface area contributed by atoms with Crippen LogP contribution >= 0.6 is 23.2 Å². The maximum Gasteiger partial charge on any atom is 0.340 e. The first-order chi connectivity index (χ1) is 21.0. The van der Waals surface area contributed by atoms with Crippen LogP contribution in [0.2, 0.25) is 10.0 Å². The lowest BCUT2D eigenvalue weighted by molar-refractivity contribution is -0.137.